The van der Waals surface area contributed by atoms with Gasteiger partial charge in [0.1, 0.15) is 4.75 Å². The Balaban J connectivity index is 2.83. The van der Waals surface area contributed by atoms with Gasteiger partial charge in [-0.15, -0.1) is 11.8 Å². The second kappa shape index (κ2) is 4.00. The number of hydrogen-bond donors (Lipinski definition) is 1. The zero-order valence-corrected chi connectivity index (χ0v) is 9.26. The molecule has 1 heterocycles. The molecule has 0 atom stereocenters. The predicted octanol–water partition coefficient (Wildman–Crippen LogP) is 2.35. The Kier molecular flexibility index (Phi) is 3.16. The summed E-state index contributed by atoms with van der Waals surface area (Å²) in [4.78, 5) is 15.9. The summed E-state index contributed by atoms with van der Waals surface area (Å²) in [6.07, 6.45) is 1.69. The van der Waals surface area contributed by atoms with Gasteiger partial charge in [-0.2, -0.15) is 0 Å². The zero-order chi connectivity index (χ0) is 10.8. The number of nitrogens with zero attached hydrogens (tertiary/aromatic N) is 1. The van der Waals surface area contributed by atoms with Crippen LogP contribution in [0.4, 0.5) is 0 Å². The number of carboxylic acid groups (broad SMARTS) is 1. The fourth-order valence-electron chi connectivity index (χ4n) is 0.921. The Labute approximate surface area is 87.6 Å². The fourth-order valence-corrected chi connectivity index (χ4v) is 1.96. The van der Waals surface area contributed by atoms with Crippen molar-refractivity contribution in [2.75, 3.05) is 0 Å². The molecule has 0 aliphatic heterocycles. The average Bonchev–Trinajstić information content (AvgIpc) is 2.02. The number of hydrogen-bond acceptors (Lipinski definition) is 3. The molecule has 0 amide bonds. The van der Waals surface area contributed by atoms with Crippen LogP contribution in [0.3, 0.4) is 0 Å². The van der Waals surface area contributed by atoms with Gasteiger partial charge in [0.05, 0.1) is 0 Å². The van der Waals surface area contributed by atoms with Crippen molar-refractivity contribution in [2.45, 2.75) is 30.4 Å². The molecule has 0 unspecified atom stereocenters. The number of thioether (sulfide) groups is 1. The molecule has 1 rings (SSSR count). The van der Waals surface area contributed by atoms with Crippen molar-refractivity contribution in [3.63, 3.8) is 0 Å². The van der Waals surface area contributed by atoms with E-state index in [4.69, 9.17) is 5.11 Å². The Bertz CT molecular complexity index is 350. The Morgan fingerprint density at radius 1 is 1.57 bits per heavy atom. The van der Waals surface area contributed by atoms with Gasteiger partial charge in [-0.1, -0.05) is 0 Å². The number of carboxylic acids is 1. The van der Waals surface area contributed by atoms with E-state index in [1.54, 1.807) is 20.0 Å². The number of aliphatic carboxylic acids is 1. The minimum atomic E-state index is -0.808. The van der Waals surface area contributed by atoms with Crippen molar-refractivity contribution in [1.29, 1.82) is 0 Å². The molecule has 0 saturated heterocycles. The van der Waals surface area contributed by atoms with E-state index in [1.807, 2.05) is 19.1 Å². The lowest BCUT2D eigenvalue weighted by Crippen LogP contribution is -2.26. The van der Waals surface area contributed by atoms with Crippen LogP contribution in [-0.4, -0.2) is 20.8 Å². The molecular weight excluding hydrogens is 198 g/mol. The van der Waals surface area contributed by atoms with Crippen molar-refractivity contribution in [3.05, 3.63) is 24.0 Å². The molecule has 3 nitrogen and oxygen atoms in total. The molecule has 76 valence electrons. The summed E-state index contributed by atoms with van der Waals surface area (Å²) in [5, 5.41) is 8.94. The highest BCUT2D eigenvalue weighted by molar-refractivity contribution is 8.01. The van der Waals surface area contributed by atoms with Gasteiger partial charge in [-0.25, -0.2) is 0 Å². The van der Waals surface area contributed by atoms with Crippen LogP contribution in [0.25, 0.3) is 0 Å². The first-order chi connectivity index (χ1) is 6.42. The Morgan fingerprint density at radius 2 is 2.21 bits per heavy atom. The molecule has 0 saturated carbocycles. The van der Waals surface area contributed by atoms with Gasteiger partial charge in [-0.05, 0) is 32.9 Å². The lowest BCUT2D eigenvalue weighted by molar-refractivity contribution is -0.138. The largest absolute Gasteiger partial charge is 0.480 e. The van der Waals surface area contributed by atoms with Gasteiger partial charge in [0, 0.05) is 16.8 Å². The van der Waals surface area contributed by atoms with E-state index in [9.17, 15) is 4.79 Å². The molecule has 1 aromatic rings. The van der Waals surface area contributed by atoms with Crippen molar-refractivity contribution < 1.29 is 9.90 Å². The lowest BCUT2D eigenvalue weighted by atomic mass is 10.2. The van der Waals surface area contributed by atoms with Crippen LogP contribution >= 0.6 is 11.8 Å². The van der Waals surface area contributed by atoms with E-state index in [1.165, 1.54) is 11.8 Å². The van der Waals surface area contributed by atoms with E-state index in [2.05, 4.69) is 4.98 Å². The first-order valence-corrected chi connectivity index (χ1v) is 5.08. The topological polar surface area (TPSA) is 50.2 Å². The molecule has 14 heavy (non-hydrogen) atoms. The molecule has 4 heteroatoms. The monoisotopic (exact) mass is 211 g/mol. The van der Waals surface area contributed by atoms with Gasteiger partial charge in [0.25, 0.3) is 0 Å². The molecule has 0 bridgehead atoms. The fraction of sp³-hybridized carbons (Fsp3) is 0.400. The molecule has 0 fully saturated rings. The molecular formula is C10H13NO2S. The highest BCUT2D eigenvalue weighted by atomic mass is 32.2. The summed E-state index contributed by atoms with van der Waals surface area (Å²) < 4.78 is -0.798. The molecule has 0 aliphatic carbocycles. The van der Waals surface area contributed by atoms with Gasteiger partial charge in [0.15, 0.2) is 0 Å². The number of rotatable bonds is 3. The molecule has 1 aromatic heterocycles. The molecule has 0 radical (unpaired) electrons. The van der Waals surface area contributed by atoms with Crippen LogP contribution in [0.1, 0.15) is 19.5 Å². The van der Waals surface area contributed by atoms with Gasteiger partial charge in [0.2, 0.25) is 0 Å². The Morgan fingerprint density at radius 3 is 2.71 bits per heavy atom. The van der Waals surface area contributed by atoms with Gasteiger partial charge >= 0.3 is 5.97 Å². The molecule has 0 spiro atoms. The highest BCUT2D eigenvalue weighted by Gasteiger charge is 2.28. The highest BCUT2D eigenvalue weighted by Crippen LogP contribution is 2.32. The van der Waals surface area contributed by atoms with E-state index in [-0.39, 0.29) is 0 Å². The summed E-state index contributed by atoms with van der Waals surface area (Å²) >= 11 is 1.33. The number of aryl methyl sites for hydroxylation is 1. The third-order valence-corrected chi connectivity index (χ3v) is 2.93. The van der Waals surface area contributed by atoms with Crippen LogP contribution in [-0.2, 0) is 4.79 Å². The van der Waals surface area contributed by atoms with Crippen molar-refractivity contribution >= 4 is 17.7 Å². The summed E-state index contributed by atoms with van der Waals surface area (Å²) in [5.41, 5.74) is 0.899. The number of carbonyl (C=O) groups is 1. The lowest BCUT2D eigenvalue weighted by Gasteiger charge is -2.18. The van der Waals surface area contributed by atoms with Crippen LogP contribution in [0.15, 0.2) is 23.2 Å². The summed E-state index contributed by atoms with van der Waals surface area (Å²) in [5.74, 6) is -0.808. The van der Waals surface area contributed by atoms with Crippen molar-refractivity contribution in [2.24, 2.45) is 0 Å². The van der Waals surface area contributed by atoms with E-state index >= 15 is 0 Å². The normalized spacial score (nSPS) is 11.4. The second-order valence-electron chi connectivity index (χ2n) is 3.55. The third kappa shape index (κ3) is 2.73. The van der Waals surface area contributed by atoms with Gasteiger partial charge in [-0.3, -0.25) is 9.78 Å². The maximum atomic E-state index is 10.9. The molecule has 0 aliphatic rings. The second-order valence-corrected chi connectivity index (χ2v) is 5.25. The maximum absolute atomic E-state index is 10.9. The smallest absolute Gasteiger partial charge is 0.319 e. The third-order valence-electron chi connectivity index (χ3n) is 1.76. The molecule has 0 aromatic carbocycles. The average molecular weight is 211 g/mol. The van der Waals surface area contributed by atoms with Crippen LogP contribution < -0.4 is 0 Å². The quantitative estimate of drug-likeness (QED) is 0.780. The van der Waals surface area contributed by atoms with Crippen LogP contribution in [0, 0.1) is 6.92 Å². The minimum Gasteiger partial charge on any atom is -0.480 e. The first kappa shape index (κ1) is 11.0. The van der Waals surface area contributed by atoms with Gasteiger partial charge < -0.3 is 5.11 Å². The van der Waals surface area contributed by atoms with E-state index in [0.29, 0.717) is 0 Å². The van der Waals surface area contributed by atoms with Crippen LogP contribution in [0.2, 0.25) is 0 Å². The zero-order valence-electron chi connectivity index (χ0n) is 8.44. The summed E-state index contributed by atoms with van der Waals surface area (Å²) in [7, 11) is 0. The van der Waals surface area contributed by atoms with Crippen LogP contribution in [0.5, 0.6) is 0 Å². The Hall–Kier alpha value is -1.03. The number of aromatic nitrogens is 1. The molecule has 1 N–H and O–H groups in total. The predicted molar refractivity (Wildman–Crippen MR) is 56.5 cm³/mol. The summed E-state index contributed by atoms with van der Waals surface area (Å²) in [6.45, 7) is 5.27. The van der Waals surface area contributed by atoms with Crippen molar-refractivity contribution in [1.82, 2.24) is 4.98 Å². The SMILES string of the molecule is Cc1cc(SC(C)(C)C(=O)O)ccn1. The van der Waals surface area contributed by atoms with Crippen molar-refractivity contribution in [3.8, 4) is 0 Å². The first-order valence-electron chi connectivity index (χ1n) is 4.27. The number of pyridine rings is 1. The standard InChI is InChI=1S/C10H13NO2S/c1-7-6-8(4-5-11-7)14-10(2,3)9(12)13/h4-6H,1-3H3,(H,12,13). The maximum Gasteiger partial charge on any atom is 0.319 e. The summed E-state index contributed by atoms with van der Waals surface area (Å²) in [6, 6.07) is 3.71. The van der Waals surface area contributed by atoms with E-state index in [0.717, 1.165) is 10.6 Å². The minimum absolute atomic E-state index is 0.798. The van der Waals surface area contributed by atoms with E-state index < -0.39 is 10.7 Å².